The van der Waals surface area contributed by atoms with Gasteiger partial charge in [-0.3, -0.25) is 4.21 Å². The van der Waals surface area contributed by atoms with E-state index in [1.54, 1.807) is 0 Å². The predicted molar refractivity (Wildman–Crippen MR) is 69.0 cm³/mol. The van der Waals surface area contributed by atoms with Crippen molar-refractivity contribution >= 4 is 10.8 Å². The van der Waals surface area contributed by atoms with Gasteiger partial charge in [0.1, 0.15) is 0 Å². The van der Waals surface area contributed by atoms with E-state index < -0.39 is 10.8 Å². The third-order valence-electron chi connectivity index (χ3n) is 2.61. The first-order chi connectivity index (χ1) is 7.52. The molecule has 0 aliphatic heterocycles. The molecule has 4 heteroatoms. The molecule has 0 bridgehead atoms. The highest BCUT2D eigenvalue weighted by Crippen LogP contribution is 2.11. The van der Waals surface area contributed by atoms with Crippen LogP contribution in [0.3, 0.4) is 0 Å². The van der Waals surface area contributed by atoms with Crippen LogP contribution in [-0.4, -0.2) is 34.7 Å². The van der Waals surface area contributed by atoms with Gasteiger partial charge in [0, 0.05) is 41.4 Å². The largest absolute Gasteiger partial charge is 0.353 e. The SMILES string of the molecule is CCOC(CCS(=O)C(C)C(C)C)OCC. The van der Waals surface area contributed by atoms with E-state index in [0.29, 0.717) is 31.3 Å². The van der Waals surface area contributed by atoms with E-state index in [4.69, 9.17) is 9.47 Å². The summed E-state index contributed by atoms with van der Waals surface area (Å²) in [5.74, 6) is 1.11. The van der Waals surface area contributed by atoms with E-state index in [-0.39, 0.29) is 11.5 Å². The molecule has 3 nitrogen and oxygen atoms in total. The number of ether oxygens (including phenoxy) is 2. The summed E-state index contributed by atoms with van der Waals surface area (Å²) in [5, 5.41) is 0.240. The van der Waals surface area contributed by atoms with E-state index in [9.17, 15) is 4.21 Å². The minimum Gasteiger partial charge on any atom is -0.353 e. The maximum absolute atomic E-state index is 11.9. The van der Waals surface area contributed by atoms with Gasteiger partial charge in [-0.1, -0.05) is 20.8 Å². The Labute approximate surface area is 102 Å². The van der Waals surface area contributed by atoms with Gasteiger partial charge in [-0.2, -0.15) is 0 Å². The summed E-state index contributed by atoms with van der Waals surface area (Å²) in [4.78, 5) is 0. The normalized spacial score (nSPS) is 15.7. The monoisotopic (exact) mass is 250 g/mol. The van der Waals surface area contributed by atoms with E-state index in [0.717, 1.165) is 0 Å². The first kappa shape index (κ1) is 16.1. The smallest absolute Gasteiger partial charge is 0.158 e. The van der Waals surface area contributed by atoms with Crippen LogP contribution < -0.4 is 0 Å². The van der Waals surface area contributed by atoms with Crippen molar-refractivity contribution in [2.75, 3.05) is 19.0 Å². The molecule has 0 amide bonds. The van der Waals surface area contributed by atoms with Crippen molar-refractivity contribution in [2.45, 2.75) is 52.6 Å². The molecular weight excluding hydrogens is 224 g/mol. The van der Waals surface area contributed by atoms with Crippen molar-refractivity contribution in [2.24, 2.45) is 5.92 Å². The van der Waals surface area contributed by atoms with Crippen molar-refractivity contribution in [1.29, 1.82) is 0 Å². The average Bonchev–Trinajstić information content (AvgIpc) is 2.24. The highest BCUT2D eigenvalue weighted by atomic mass is 32.2. The Morgan fingerprint density at radius 3 is 1.94 bits per heavy atom. The third kappa shape index (κ3) is 6.61. The molecule has 0 radical (unpaired) electrons. The van der Waals surface area contributed by atoms with E-state index in [2.05, 4.69) is 13.8 Å². The first-order valence-corrected chi connectivity index (χ1v) is 7.51. The molecule has 0 rings (SSSR count). The number of hydrogen-bond acceptors (Lipinski definition) is 3. The van der Waals surface area contributed by atoms with Gasteiger partial charge >= 0.3 is 0 Å². The van der Waals surface area contributed by atoms with Gasteiger partial charge in [-0.15, -0.1) is 0 Å². The Kier molecular flexibility index (Phi) is 9.18. The third-order valence-corrected chi connectivity index (χ3v) is 4.63. The quantitative estimate of drug-likeness (QED) is 0.590. The lowest BCUT2D eigenvalue weighted by Crippen LogP contribution is -2.25. The molecule has 0 heterocycles. The zero-order chi connectivity index (χ0) is 12.6. The molecule has 0 saturated carbocycles. The predicted octanol–water partition coefficient (Wildman–Crippen LogP) is 2.57. The fourth-order valence-corrected chi connectivity index (χ4v) is 2.69. The van der Waals surface area contributed by atoms with Crippen molar-refractivity contribution in [3.8, 4) is 0 Å². The van der Waals surface area contributed by atoms with Gasteiger partial charge in [0.25, 0.3) is 0 Å². The zero-order valence-corrected chi connectivity index (χ0v) is 12.0. The highest BCUT2D eigenvalue weighted by molar-refractivity contribution is 7.85. The summed E-state index contributed by atoms with van der Waals surface area (Å²) >= 11 is 0. The van der Waals surface area contributed by atoms with Gasteiger partial charge in [-0.25, -0.2) is 0 Å². The van der Waals surface area contributed by atoms with E-state index in [1.165, 1.54) is 0 Å². The van der Waals surface area contributed by atoms with Crippen LogP contribution in [0.25, 0.3) is 0 Å². The number of hydrogen-bond donors (Lipinski definition) is 0. The minimum atomic E-state index is -0.783. The lowest BCUT2D eigenvalue weighted by Gasteiger charge is -2.19. The maximum Gasteiger partial charge on any atom is 0.158 e. The lowest BCUT2D eigenvalue weighted by atomic mass is 10.2. The topological polar surface area (TPSA) is 35.5 Å². The van der Waals surface area contributed by atoms with E-state index >= 15 is 0 Å². The molecule has 2 atom stereocenters. The Hall–Kier alpha value is 0.0700. The fourth-order valence-electron chi connectivity index (χ4n) is 1.29. The summed E-state index contributed by atoms with van der Waals surface area (Å²) in [5.41, 5.74) is 0. The highest BCUT2D eigenvalue weighted by Gasteiger charge is 2.17. The molecule has 0 aliphatic carbocycles. The second-order valence-electron chi connectivity index (χ2n) is 4.16. The Balaban J connectivity index is 3.94. The molecule has 0 aliphatic rings. The van der Waals surface area contributed by atoms with E-state index in [1.807, 2.05) is 20.8 Å². The number of rotatable bonds is 9. The second-order valence-corrected chi connectivity index (χ2v) is 6.08. The minimum absolute atomic E-state index is 0.196. The molecule has 0 aromatic carbocycles. The van der Waals surface area contributed by atoms with Crippen LogP contribution >= 0.6 is 0 Å². The van der Waals surface area contributed by atoms with Crippen LogP contribution in [0.4, 0.5) is 0 Å². The second kappa shape index (κ2) is 9.14. The van der Waals surface area contributed by atoms with Crippen molar-refractivity contribution in [3.05, 3.63) is 0 Å². The summed E-state index contributed by atoms with van der Waals surface area (Å²) < 4.78 is 22.7. The molecular formula is C12H26O3S. The molecule has 16 heavy (non-hydrogen) atoms. The van der Waals surface area contributed by atoms with Crippen LogP contribution in [0.2, 0.25) is 0 Å². The molecule has 98 valence electrons. The van der Waals surface area contributed by atoms with Gasteiger partial charge in [0.15, 0.2) is 6.29 Å². The van der Waals surface area contributed by atoms with Crippen molar-refractivity contribution in [3.63, 3.8) is 0 Å². The molecule has 0 fully saturated rings. The van der Waals surface area contributed by atoms with Gasteiger partial charge < -0.3 is 9.47 Å². The Morgan fingerprint density at radius 1 is 1.06 bits per heavy atom. The van der Waals surface area contributed by atoms with Crippen LogP contribution in [0.1, 0.15) is 41.0 Å². The van der Waals surface area contributed by atoms with Crippen LogP contribution in [-0.2, 0) is 20.3 Å². The summed E-state index contributed by atoms with van der Waals surface area (Å²) in [6.45, 7) is 11.4. The molecule has 0 aromatic heterocycles. The summed E-state index contributed by atoms with van der Waals surface area (Å²) in [6, 6.07) is 0. The van der Waals surface area contributed by atoms with Crippen LogP contribution in [0.5, 0.6) is 0 Å². The lowest BCUT2D eigenvalue weighted by molar-refractivity contribution is -0.136. The van der Waals surface area contributed by atoms with Crippen molar-refractivity contribution < 1.29 is 13.7 Å². The first-order valence-electron chi connectivity index (χ1n) is 6.13. The standard InChI is InChI=1S/C12H26O3S/c1-6-14-12(15-7-2)8-9-16(13)11(5)10(3)4/h10-12H,6-9H2,1-5H3. The Bertz CT molecular complexity index is 189. The fraction of sp³-hybridized carbons (Fsp3) is 1.00. The van der Waals surface area contributed by atoms with Crippen LogP contribution in [0, 0.1) is 5.92 Å². The molecule has 0 spiro atoms. The average molecular weight is 250 g/mol. The molecule has 2 unspecified atom stereocenters. The maximum atomic E-state index is 11.9. The molecule has 0 N–H and O–H groups in total. The summed E-state index contributed by atoms with van der Waals surface area (Å²) in [7, 11) is -0.783. The molecule has 0 saturated heterocycles. The summed E-state index contributed by atoms with van der Waals surface area (Å²) in [6.07, 6.45) is 0.518. The van der Waals surface area contributed by atoms with Crippen molar-refractivity contribution in [1.82, 2.24) is 0 Å². The van der Waals surface area contributed by atoms with Gasteiger partial charge in [0.05, 0.1) is 0 Å². The Morgan fingerprint density at radius 2 is 1.56 bits per heavy atom. The van der Waals surface area contributed by atoms with Crippen LogP contribution in [0.15, 0.2) is 0 Å². The molecule has 0 aromatic rings. The van der Waals surface area contributed by atoms with Gasteiger partial charge in [0.2, 0.25) is 0 Å². The zero-order valence-electron chi connectivity index (χ0n) is 11.2. The van der Waals surface area contributed by atoms with Gasteiger partial charge in [-0.05, 0) is 19.8 Å².